The van der Waals surface area contributed by atoms with E-state index in [9.17, 15) is 28.1 Å². The Labute approximate surface area is 133 Å². The van der Waals surface area contributed by atoms with Crippen LogP contribution in [0.4, 0.5) is 18.9 Å². The first-order chi connectivity index (χ1) is 11.2. The maximum atomic E-state index is 12.5. The SMILES string of the molecule is COC(=O)c1cc(Oc2ccc(C(F)(F)F)cc2)ccc1[N+](=O)[O-]. The Morgan fingerprint density at radius 1 is 1.08 bits per heavy atom. The number of nitrogens with zero attached hydrogens (tertiary/aromatic N) is 1. The highest BCUT2D eigenvalue weighted by atomic mass is 19.4. The van der Waals surface area contributed by atoms with Gasteiger partial charge in [0.25, 0.3) is 5.69 Å². The number of hydrogen-bond donors (Lipinski definition) is 0. The molecule has 0 saturated heterocycles. The number of nitro benzene ring substituents is 1. The number of carbonyl (C=O) groups is 1. The summed E-state index contributed by atoms with van der Waals surface area (Å²) in [5, 5.41) is 10.9. The van der Waals surface area contributed by atoms with Gasteiger partial charge in [-0.2, -0.15) is 13.2 Å². The van der Waals surface area contributed by atoms with Crippen molar-refractivity contribution in [3.63, 3.8) is 0 Å². The zero-order chi connectivity index (χ0) is 17.9. The van der Waals surface area contributed by atoms with Crippen LogP contribution in [0.15, 0.2) is 42.5 Å². The van der Waals surface area contributed by atoms with Crippen molar-refractivity contribution in [2.45, 2.75) is 6.18 Å². The summed E-state index contributed by atoms with van der Waals surface area (Å²) in [6.45, 7) is 0. The summed E-state index contributed by atoms with van der Waals surface area (Å²) in [5.74, 6) is -0.812. The molecule has 0 aliphatic rings. The van der Waals surface area contributed by atoms with Gasteiger partial charge in [-0.15, -0.1) is 0 Å². The first kappa shape index (κ1) is 17.3. The number of alkyl halides is 3. The zero-order valence-electron chi connectivity index (χ0n) is 12.2. The topological polar surface area (TPSA) is 78.7 Å². The van der Waals surface area contributed by atoms with Gasteiger partial charge in [0.05, 0.1) is 17.6 Å². The van der Waals surface area contributed by atoms with Crippen LogP contribution in [0, 0.1) is 10.1 Å². The average Bonchev–Trinajstić information content (AvgIpc) is 2.53. The lowest BCUT2D eigenvalue weighted by molar-refractivity contribution is -0.385. The number of esters is 1. The van der Waals surface area contributed by atoms with Gasteiger partial charge >= 0.3 is 12.1 Å². The number of carbonyl (C=O) groups excluding carboxylic acids is 1. The quantitative estimate of drug-likeness (QED) is 0.473. The fourth-order valence-electron chi connectivity index (χ4n) is 1.86. The first-order valence-corrected chi connectivity index (χ1v) is 6.44. The lowest BCUT2D eigenvalue weighted by Crippen LogP contribution is -2.06. The van der Waals surface area contributed by atoms with Gasteiger partial charge in [-0.05, 0) is 30.3 Å². The van der Waals surface area contributed by atoms with E-state index in [1.54, 1.807) is 0 Å². The van der Waals surface area contributed by atoms with Crippen molar-refractivity contribution < 1.29 is 32.4 Å². The predicted octanol–water partition coefficient (Wildman–Crippen LogP) is 4.19. The minimum Gasteiger partial charge on any atom is -0.465 e. The maximum Gasteiger partial charge on any atom is 0.416 e. The number of halogens is 3. The van der Waals surface area contributed by atoms with Crippen LogP contribution >= 0.6 is 0 Å². The lowest BCUT2D eigenvalue weighted by atomic mass is 10.1. The molecular weight excluding hydrogens is 331 g/mol. The number of rotatable bonds is 4. The normalized spacial score (nSPS) is 11.0. The highest BCUT2D eigenvalue weighted by Crippen LogP contribution is 2.32. The molecule has 0 aliphatic heterocycles. The Balaban J connectivity index is 2.30. The van der Waals surface area contributed by atoms with Crippen molar-refractivity contribution >= 4 is 11.7 Å². The number of nitro groups is 1. The molecule has 0 radical (unpaired) electrons. The Morgan fingerprint density at radius 2 is 1.67 bits per heavy atom. The monoisotopic (exact) mass is 341 g/mol. The molecular formula is C15H10F3NO5. The summed E-state index contributed by atoms with van der Waals surface area (Å²) in [7, 11) is 1.06. The minimum atomic E-state index is -4.47. The van der Waals surface area contributed by atoms with Crippen LogP contribution in [0.3, 0.4) is 0 Å². The van der Waals surface area contributed by atoms with Crippen LogP contribution < -0.4 is 4.74 Å². The molecule has 126 valence electrons. The molecule has 2 aromatic rings. The molecule has 0 N–H and O–H groups in total. The second kappa shape index (κ2) is 6.57. The van der Waals surface area contributed by atoms with Gasteiger partial charge in [-0.3, -0.25) is 10.1 Å². The molecule has 0 saturated carbocycles. The van der Waals surface area contributed by atoms with E-state index in [2.05, 4.69) is 4.74 Å². The summed E-state index contributed by atoms with van der Waals surface area (Å²) < 4.78 is 47.3. The van der Waals surface area contributed by atoms with E-state index in [4.69, 9.17) is 4.74 Å². The van der Waals surface area contributed by atoms with Crippen molar-refractivity contribution in [2.75, 3.05) is 7.11 Å². The molecule has 0 aromatic heterocycles. The molecule has 24 heavy (non-hydrogen) atoms. The van der Waals surface area contributed by atoms with Crippen LogP contribution in [-0.4, -0.2) is 18.0 Å². The fourth-order valence-corrected chi connectivity index (χ4v) is 1.86. The van der Waals surface area contributed by atoms with E-state index in [1.807, 2.05) is 0 Å². The highest BCUT2D eigenvalue weighted by Gasteiger charge is 2.30. The van der Waals surface area contributed by atoms with Crippen molar-refractivity contribution in [1.29, 1.82) is 0 Å². The summed E-state index contributed by atoms with van der Waals surface area (Å²) in [5.41, 5.74) is -1.64. The molecule has 9 heteroatoms. The van der Waals surface area contributed by atoms with Crippen molar-refractivity contribution in [1.82, 2.24) is 0 Å². The summed E-state index contributed by atoms with van der Waals surface area (Å²) >= 11 is 0. The molecule has 0 bridgehead atoms. The Morgan fingerprint density at radius 3 is 2.17 bits per heavy atom. The number of ether oxygens (including phenoxy) is 2. The standard InChI is InChI=1S/C15H10F3NO5/c1-23-14(20)12-8-11(6-7-13(12)19(21)22)24-10-4-2-9(3-5-10)15(16,17)18/h2-8H,1H3. The number of benzene rings is 2. The molecule has 0 unspecified atom stereocenters. The third kappa shape index (κ3) is 3.80. The van der Waals surface area contributed by atoms with Crippen LogP contribution in [0.25, 0.3) is 0 Å². The molecule has 0 amide bonds. The third-order valence-electron chi connectivity index (χ3n) is 2.99. The second-order valence-electron chi connectivity index (χ2n) is 4.55. The molecule has 0 aliphatic carbocycles. The van der Waals surface area contributed by atoms with Crippen LogP contribution in [0.2, 0.25) is 0 Å². The van der Waals surface area contributed by atoms with Crippen LogP contribution in [0.5, 0.6) is 11.5 Å². The maximum absolute atomic E-state index is 12.5. The van der Waals surface area contributed by atoms with Gasteiger partial charge in [-0.1, -0.05) is 0 Å². The molecule has 2 rings (SSSR count). The number of hydrogen-bond acceptors (Lipinski definition) is 5. The molecule has 0 atom stereocenters. The number of methoxy groups -OCH3 is 1. The smallest absolute Gasteiger partial charge is 0.416 e. The van der Waals surface area contributed by atoms with Crippen molar-refractivity contribution in [2.24, 2.45) is 0 Å². The molecule has 6 nitrogen and oxygen atoms in total. The van der Waals surface area contributed by atoms with Crippen molar-refractivity contribution in [3.05, 3.63) is 63.7 Å². The van der Waals surface area contributed by atoms with Gasteiger partial charge in [0.2, 0.25) is 0 Å². The first-order valence-electron chi connectivity index (χ1n) is 6.44. The molecule has 0 fully saturated rings. The molecule has 0 heterocycles. The predicted molar refractivity (Wildman–Crippen MR) is 76.0 cm³/mol. The molecule has 0 spiro atoms. The summed E-state index contributed by atoms with van der Waals surface area (Å²) in [6, 6.07) is 7.23. The minimum absolute atomic E-state index is 0.0424. The molecule has 2 aromatic carbocycles. The summed E-state index contributed by atoms with van der Waals surface area (Å²) in [4.78, 5) is 21.7. The van der Waals surface area contributed by atoms with E-state index < -0.39 is 28.3 Å². The van der Waals surface area contributed by atoms with E-state index in [1.165, 1.54) is 6.07 Å². The second-order valence-corrected chi connectivity index (χ2v) is 4.55. The lowest BCUT2D eigenvalue weighted by Gasteiger charge is -2.10. The van der Waals surface area contributed by atoms with E-state index in [-0.39, 0.29) is 17.1 Å². The van der Waals surface area contributed by atoms with E-state index >= 15 is 0 Å². The Kier molecular flexibility index (Phi) is 4.72. The van der Waals surface area contributed by atoms with Gasteiger partial charge in [0, 0.05) is 12.1 Å². The fraction of sp³-hybridized carbons (Fsp3) is 0.133. The van der Waals surface area contributed by atoms with E-state index in [0.29, 0.717) is 0 Å². The average molecular weight is 341 g/mol. The summed E-state index contributed by atoms with van der Waals surface area (Å²) in [6.07, 6.45) is -4.47. The third-order valence-corrected chi connectivity index (χ3v) is 2.99. The van der Waals surface area contributed by atoms with E-state index in [0.717, 1.165) is 43.5 Å². The van der Waals surface area contributed by atoms with Crippen LogP contribution in [-0.2, 0) is 10.9 Å². The van der Waals surface area contributed by atoms with Crippen molar-refractivity contribution in [3.8, 4) is 11.5 Å². The van der Waals surface area contributed by atoms with Gasteiger partial charge in [-0.25, -0.2) is 4.79 Å². The Bertz CT molecular complexity index is 772. The zero-order valence-corrected chi connectivity index (χ0v) is 12.2. The van der Waals surface area contributed by atoms with Gasteiger partial charge in [0.1, 0.15) is 17.1 Å². The Hall–Kier alpha value is -3.10. The van der Waals surface area contributed by atoms with Gasteiger partial charge < -0.3 is 9.47 Å². The largest absolute Gasteiger partial charge is 0.465 e. The highest BCUT2D eigenvalue weighted by molar-refractivity contribution is 5.94. The van der Waals surface area contributed by atoms with Crippen LogP contribution in [0.1, 0.15) is 15.9 Å². The van der Waals surface area contributed by atoms with Gasteiger partial charge in [0.15, 0.2) is 0 Å².